The lowest BCUT2D eigenvalue weighted by molar-refractivity contribution is -0.147. The maximum Gasteiger partial charge on any atom is 0.328 e. The van der Waals surface area contributed by atoms with Crippen molar-refractivity contribution in [2.45, 2.75) is 13.0 Å². The Morgan fingerprint density at radius 2 is 2.32 bits per heavy atom. The molecule has 0 aromatic carbocycles. The molecule has 116 valence electrons. The van der Waals surface area contributed by atoms with E-state index in [0.29, 0.717) is 17.2 Å². The number of carboxylic acids is 1. The van der Waals surface area contributed by atoms with Crippen molar-refractivity contribution >= 4 is 34.6 Å². The number of aliphatic carboxylic acids is 1. The maximum absolute atomic E-state index is 12.7. The normalized spacial score (nSPS) is 18.4. The average Bonchev–Trinajstić information content (AvgIpc) is 3.15. The van der Waals surface area contributed by atoms with E-state index in [4.69, 9.17) is 4.74 Å². The molecule has 1 saturated heterocycles. The molecule has 0 bridgehead atoms. The molecule has 1 N–H and O–H groups in total. The highest BCUT2D eigenvalue weighted by Crippen LogP contribution is 2.32. The van der Waals surface area contributed by atoms with Gasteiger partial charge < -0.3 is 14.7 Å². The third-order valence-electron chi connectivity index (χ3n) is 3.40. The fourth-order valence-electron chi connectivity index (χ4n) is 2.28. The van der Waals surface area contributed by atoms with Crippen LogP contribution in [0.15, 0.2) is 17.5 Å². The minimum absolute atomic E-state index is 0.0245. The highest BCUT2D eigenvalue weighted by molar-refractivity contribution is 7.22. The molecule has 0 aliphatic carbocycles. The number of ether oxygens (including phenoxy) is 1. The smallest absolute Gasteiger partial charge is 0.328 e. The molecular formula is C14H14N2O4S2. The van der Waals surface area contributed by atoms with Crippen LogP contribution in [0.3, 0.4) is 0 Å². The van der Waals surface area contributed by atoms with E-state index in [2.05, 4.69) is 4.98 Å². The van der Waals surface area contributed by atoms with E-state index in [9.17, 15) is 14.7 Å². The van der Waals surface area contributed by atoms with Gasteiger partial charge in [0.1, 0.15) is 9.88 Å². The Hall–Kier alpha value is -1.77. The van der Waals surface area contributed by atoms with E-state index in [0.717, 1.165) is 9.88 Å². The second-order valence-electron chi connectivity index (χ2n) is 4.84. The van der Waals surface area contributed by atoms with Crippen LogP contribution in [0.1, 0.15) is 15.4 Å². The number of hydrogen-bond donors (Lipinski definition) is 1. The van der Waals surface area contributed by atoms with Crippen molar-refractivity contribution in [3.05, 3.63) is 28.1 Å². The number of amides is 1. The van der Waals surface area contributed by atoms with Crippen LogP contribution in [0.2, 0.25) is 0 Å². The number of carboxylic acid groups (broad SMARTS) is 1. The second kappa shape index (κ2) is 6.15. The van der Waals surface area contributed by atoms with Crippen LogP contribution in [0, 0.1) is 6.92 Å². The van der Waals surface area contributed by atoms with Gasteiger partial charge in [-0.1, -0.05) is 6.07 Å². The predicted molar refractivity (Wildman–Crippen MR) is 83.4 cm³/mol. The summed E-state index contributed by atoms with van der Waals surface area (Å²) in [5.41, 5.74) is 0.633. The van der Waals surface area contributed by atoms with Crippen molar-refractivity contribution in [2.75, 3.05) is 19.8 Å². The Kier molecular flexibility index (Phi) is 4.23. The van der Waals surface area contributed by atoms with Crippen LogP contribution < -0.4 is 0 Å². The molecule has 1 aliphatic heterocycles. The Balaban J connectivity index is 1.90. The molecule has 2 aromatic heterocycles. The summed E-state index contributed by atoms with van der Waals surface area (Å²) in [7, 11) is 0. The topological polar surface area (TPSA) is 79.7 Å². The number of nitrogens with zero attached hydrogens (tertiary/aromatic N) is 2. The van der Waals surface area contributed by atoms with Crippen molar-refractivity contribution in [1.82, 2.24) is 9.88 Å². The second-order valence-corrected chi connectivity index (χ2v) is 6.79. The van der Waals surface area contributed by atoms with Gasteiger partial charge in [-0.2, -0.15) is 0 Å². The zero-order valence-electron chi connectivity index (χ0n) is 11.8. The van der Waals surface area contributed by atoms with Gasteiger partial charge in [-0.15, -0.1) is 22.7 Å². The summed E-state index contributed by atoms with van der Waals surface area (Å²) in [6.45, 7) is 2.43. The molecule has 0 spiro atoms. The summed E-state index contributed by atoms with van der Waals surface area (Å²) in [6.07, 6.45) is 0. The standard InChI is InChI=1S/C14H14N2O4S2/c1-8-11(22-12(15-8)10-3-2-6-21-10)13(17)16-4-5-20-7-9(16)14(18)19/h2-3,6,9H,4-5,7H2,1H3,(H,18,19)/t9-/m0/s1. The molecular weight excluding hydrogens is 324 g/mol. The fourth-order valence-corrected chi connectivity index (χ4v) is 4.10. The van der Waals surface area contributed by atoms with Gasteiger partial charge in [0.15, 0.2) is 6.04 Å². The largest absolute Gasteiger partial charge is 0.480 e. The Bertz CT molecular complexity index is 696. The van der Waals surface area contributed by atoms with Gasteiger partial charge in [0.2, 0.25) is 0 Å². The number of thiazole rings is 1. The molecule has 6 nitrogen and oxygen atoms in total. The van der Waals surface area contributed by atoms with Gasteiger partial charge in [-0.25, -0.2) is 9.78 Å². The average molecular weight is 338 g/mol. The molecule has 1 atom stereocenters. The van der Waals surface area contributed by atoms with Crippen LogP contribution in [-0.4, -0.2) is 52.7 Å². The number of aryl methyl sites for hydroxylation is 1. The third kappa shape index (κ3) is 2.77. The Morgan fingerprint density at radius 3 is 3.00 bits per heavy atom. The quantitative estimate of drug-likeness (QED) is 0.927. The monoisotopic (exact) mass is 338 g/mol. The lowest BCUT2D eigenvalue weighted by atomic mass is 10.2. The first-order valence-electron chi connectivity index (χ1n) is 6.70. The predicted octanol–water partition coefficient (Wildman–Crippen LogP) is 2.11. The summed E-state index contributed by atoms with van der Waals surface area (Å²) < 4.78 is 5.17. The summed E-state index contributed by atoms with van der Waals surface area (Å²) in [6, 6.07) is 2.94. The van der Waals surface area contributed by atoms with Gasteiger partial charge >= 0.3 is 5.97 Å². The molecule has 0 radical (unpaired) electrons. The number of carbonyl (C=O) groups is 2. The van der Waals surface area contributed by atoms with E-state index < -0.39 is 12.0 Å². The van der Waals surface area contributed by atoms with Crippen molar-refractivity contribution in [2.24, 2.45) is 0 Å². The lowest BCUT2D eigenvalue weighted by Gasteiger charge is -2.32. The maximum atomic E-state index is 12.7. The van der Waals surface area contributed by atoms with E-state index in [1.165, 1.54) is 16.2 Å². The van der Waals surface area contributed by atoms with Crippen LogP contribution in [-0.2, 0) is 9.53 Å². The summed E-state index contributed by atoms with van der Waals surface area (Å²) in [4.78, 5) is 31.3. The first kappa shape index (κ1) is 15.1. The number of carbonyl (C=O) groups excluding carboxylic acids is 1. The molecule has 0 unspecified atom stereocenters. The van der Waals surface area contributed by atoms with Crippen LogP contribution in [0.25, 0.3) is 9.88 Å². The lowest BCUT2D eigenvalue weighted by Crippen LogP contribution is -2.52. The minimum atomic E-state index is -1.05. The van der Waals surface area contributed by atoms with E-state index >= 15 is 0 Å². The highest BCUT2D eigenvalue weighted by atomic mass is 32.1. The highest BCUT2D eigenvalue weighted by Gasteiger charge is 2.34. The Morgan fingerprint density at radius 1 is 1.50 bits per heavy atom. The molecule has 1 aliphatic rings. The zero-order valence-corrected chi connectivity index (χ0v) is 13.4. The molecule has 3 heterocycles. The van der Waals surface area contributed by atoms with Crippen molar-refractivity contribution in [3.63, 3.8) is 0 Å². The van der Waals surface area contributed by atoms with Gasteiger partial charge in [-0.05, 0) is 18.4 Å². The third-order valence-corrected chi connectivity index (χ3v) is 5.58. The first-order chi connectivity index (χ1) is 10.6. The van der Waals surface area contributed by atoms with Gasteiger partial charge in [0.05, 0.1) is 23.8 Å². The Labute approximate surface area is 135 Å². The number of morpholine rings is 1. The molecule has 0 saturated carbocycles. The number of thiophene rings is 1. The summed E-state index contributed by atoms with van der Waals surface area (Å²) in [5, 5.41) is 12.0. The number of hydrogen-bond acceptors (Lipinski definition) is 6. The van der Waals surface area contributed by atoms with E-state index in [1.807, 2.05) is 17.5 Å². The van der Waals surface area contributed by atoms with Crippen molar-refractivity contribution in [3.8, 4) is 9.88 Å². The molecule has 1 amide bonds. The minimum Gasteiger partial charge on any atom is -0.480 e. The van der Waals surface area contributed by atoms with Crippen LogP contribution in [0.4, 0.5) is 0 Å². The van der Waals surface area contributed by atoms with Crippen molar-refractivity contribution in [1.29, 1.82) is 0 Å². The summed E-state index contributed by atoms with van der Waals surface area (Å²) >= 11 is 2.87. The first-order valence-corrected chi connectivity index (χ1v) is 8.40. The van der Waals surface area contributed by atoms with Crippen molar-refractivity contribution < 1.29 is 19.4 Å². The zero-order chi connectivity index (χ0) is 15.7. The SMILES string of the molecule is Cc1nc(-c2cccs2)sc1C(=O)N1CCOC[C@H]1C(=O)O. The van der Waals surface area contributed by atoms with E-state index in [-0.39, 0.29) is 19.1 Å². The molecule has 3 rings (SSSR count). The molecule has 1 fully saturated rings. The van der Waals surface area contributed by atoms with Gasteiger partial charge in [-0.3, -0.25) is 4.79 Å². The van der Waals surface area contributed by atoms with Gasteiger partial charge in [0, 0.05) is 6.54 Å². The molecule has 22 heavy (non-hydrogen) atoms. The van der Waals surface area contributed by atoms with Crippen LogP contribution >= 0.6 is 22.7 Å². The number of aromatic nitrogens is 1. The molecule has 2 aromatic rings. The fraction of sp³-hybridized carbons (Fsp3) is 0.357. The van der Waals surface area contributed by atoms with E-state index in [1.54, 1.807) is 18.3 Å². The molecule has 8 heteroatoms. The number of rotatable bonds is 3. The summed E-state index contributed by atoms with van der Waals surface area (Å²) in [5.74, 6) is -1.33. The van der Waals surface area contributed by atoms with Gasteiger partial charge in [0.25, 0.3) is 5.91 Å². The van der Waals surface area contributed by atoms with Crippen LogP contribution in [0.5, 0.6) is 0 Å².